The Bertz CT molecular complexity index is 506. The number of carbonyl (C=O) groups is 1. The van der Waals surface area contributed by atoms with Gasteiger partial charge >= 0.3 is 5.97 Å². The topological polar surface area (TPSA) is 71.3 Å². The Hall–Kier alpha value is -2.22. The van der Waals surface area contributed by atoms with Crippen LogP contribution in [0.4, 0.5) is 5.69 Å². The molecule has 1 atom stereocenters. The summed E-state index contributed by atoms with van der Waals surface area (Å²) in [6.07, 6.45) is 0.620. The van der Waals surface area contributed by atoms with E-state index in [0.29, 0.717) is 29.3 Å². The summed E-state index contributed by atoms with van der Waals surface area (Å²) in [4.78, 5) is 11.8. The number of nitriles is 1. The van der Waals surface area contributed by atoms with Gasteiger partial charge in [0.1, 0.15) is 17.9 Å². The van der Waals surface area contributed by atoms with E-state index < -0.39 is 6.04 Å². The minimum Gasteiger partial charge on any atom is -0.497 e. The number of benzene rings is 1. The highest BCUT2D eigenvalue weighted by molar-refractivity contribution is 5.80. The van der Waals surface area contributed by atoms with Crippen molar-refractivity contribution in [2.75, 3.05) is 19.5 Å². The molecule has 0 fully saturated rings. The number of hydrogen-bond acceptors (Lipinski definition) is 5. The van der Waals surface area contributed by atoms with Crippen LogP contribution in [0.25, 0.3) is 0 Å². The van der Waals surface area contributed by atoms with Gasteiger partial charge in [0.05, 0.1) is 25.5 Å². The van der Waals surface area contributed by atoms with E-state index in [-0.39, 0.29) is 5.97 Å². The normalized spacial score (nSPS) is 11.6. The molecule has 0 aliphatic heterocycles. The summed E-state index contributed by atoms with van der Waals surface area (Å²) in [7, 11) is 2.91. The van der Waals surface area contributed by atoms with Crippen LogP contribution >= 0.6 is 0 Å². The fourth-order valence-corrected chi connectivity index (χ4v) is 1.88. The van der Waals surface area contributed by atoms with E-state index in [1.54, 1.807) is 25.3 Å². The van der Waals surface area contributed by atoms with Gasteiger partial charge in [-0.1, -0.05) is 13.8 Å². The summed E-state index contributed by atoms with van der Waals surface area (Å²) in [6, 6.07) is 6.67. The van der Waals surface area contributed by atoms with Crippen LogP contribution in [0.15, 0.2) is 18.2 Å². The molecule has 5 nitrogen and oxygen atoms in total. The van der Waals surface area contributed by atoms with Crippen molar-refractivity contribution in [2.45, 2.75) is 26.3 Å². The van der Waals surface area contributed by atoms with E-state index in [1.807, 2.05) is 13.8 Å². The molecule has 0 amide bonds. The van der Waals surface area contributed by atoms with Crippen LogP contribution in [0.2, 0.25) is 0 Å². The van der Waals surface area contributed by atoms with Crippen molar-refractivity contribution in [2.24, 2.45) is 5.92 Å². The van der Waals surface area contributed by atoms with Crippen molar-refractivity contribution >= 4 is 11.7 Å². The lowest BCUT2D eigenvalue weighted by molar-refractivity contribution is -0.141. The molecule has 0 bridgehead atoms. The third kappa shape index (κ3) is 4.16. The van der Waals surface area contributed by atoms with E-state index in [2.05, 4.69) is 11.4 Å². The zero-order valence-electron chi connectivity index (χ0n) is 12.3. The van der Waals surface area contributed by atoms with E-state index in [9.17, 15) is 4.79 Å². The highest BCUT2D eigenvalue weighted by atomic mass is 16.5. The van der Waals surface area contributed by atoms with Crippen LogP contribution in [0.1, 0.15) is 25.8 Å². The Morgan fingerprint density at radius 3 is 2.60 bits per heavy atom. The number of rotatable bonds is 6. The molecular weight excluding hydrogens is 256 g/mol. The van der Waals surface area contributed by atoms with Gasteiger partial charge < -0.3 is 14.8 Å². The summed E-state index contributed by atoms with van der Waals surface area (Å²) in [5, 5.41) is 12.2. The number of anilines is 1. The third-order valence-electron chi connectivity index (χ3n) is 2.87. The predicted molar refractivity (Wildman–Crippen MR) is 76.6 cm³/mol. The van der Waals surface area contributed by atoms with Crippen molar-refractivity contribution in [3.63, 3.8) is 0 Å². The molecule has 0 aliphatic rings. The van der Waals surface area contributed by atoms with Gasteiger partial charge in [-0.25, -0.2) is 4.79 Å². The van der Waals surface area contributed by atoms with E-state index in [0.717, 1.165) is 0 Å². The van der Waals surface area contributed by atoms with Gasteiger partial charge in [0.2, 0.25) is 0 Å². The third-order valence-corrected chi connectivity index (χ3v) is 2.87. The lowest BCUT2D eigenvalue weighted by Crippen LogP contribution is -2.32. The zero-order chi connectivity index (χ0) is 15.1. The van der Waals surface area contributed by atoms with Crippen molar-refractivity contribution in [3.05, 3.63) is 23.8 Å². The second-order valence-corrected chi connectivity index (χ2v) is 4.87. The van der Waals surface area contributed by atoms with Crippen LogP contribution in [0, 0.1) is 17.2 Å². The summed E-state index contributed by atoms with van der Waals surface area (Å²) < 4.78 is 9.94. The van der Waals surface area contributed by atoms with Crippen LogP contribution in [0.5, 0.6) is 5.75 Å². The summed E-state index contributed by atoms with van der Waals surface area (Å²) in [5.74, 6) is 0.604. The lowest BCUT2D eigenvalue weighted by Gasteiger charge is -2.20. The van der Waals surface area contributed by atoms with Gasteiger partial charge in [-0.15, -0.1) is 0 Å². The zero-order valence-corrected chi connectivity index (χ0v) is 12.3. The van der Waals surface area contributed by atoms with Gasteiger partial charge in [-0.2, -0.15) is 5.26 Å². The maximum absolute atomic E-state index is 11.8. The molecular formula is C15H20N2O3. The van der Waals surface area contributed by atoms with Gasteiger partial charge in [0, 0.05) is 6.07 Å². The van der Waals surface area contributed by atoms with Crippen molar-refractivity contribution in [1.29, 1.82) is 5.26 Å². The van der Waals surface area contributed by atoms with E-state index in [1.165, 1.54) is 7.11 Å². The van der Waals surface area contributed by atoms with E-state index in [4.69, 9.17) is 14.7 Å². The Morgan fingerprint density at radius 2 is 2.10 bits per heavy atom. The molecule has 0 radical (unpaired) electrons. The van der Waals surface area contributed by atoms with Crippen molar-refractivity contribution in [3.8, 4) is 11.8 Å². The maximum atomic E-state index is 11.8. The van der Waals surface area contributed by atoms with Crippen molar-refractivity contribution in [1.82, 2.24) is 0 Å². The maximum Gasteiger partial charge on any atom is 0.328 e. The lowest BCUT2D eigenvalue weighted by atomic mass is 10.0. The molecule has 108 valence electrons. The highest BCUT2D eigenvalue weighted by Crippen LogP contribution is 2.24. The highest BCUT2D eigenvalue weighted by Gasteiger charge is 2.21. The standard InChI is InChI=1S/C15H20N2O3/c1-10(2)7-14(15(18)20-4)17-13-8-12(19-3)6-5-11(13)9-16/h5-6,8,10,14,17H,7H2,1-4H3. The van der Waals surface area contributed by atoms with Crippen LogP contribution < -0.4 is 10.1 Å². The molecule has 1 unspecified atom stereocenters. The predicted octanol–water partition coefficient (Wildman–Crippen LogP) is 2.57. The molecule has 1 N–H and O–H groups in total. The number of carbonyl (C=O) groups excluding carboxylic acids is 1. The Morgan fingerprint density at radius 1 is 1.40 bits per heavy atom. The smallest absolute Gasteiger partial charge is 0.328 e. The molecule has 1 aromatic carbocycles. The molecule has 20 heavy (non-hydrogen) atoms. The van der Waals surface area contributed by atoms with Gasteiger partial charge in [0.25, 0.3) is 0 Å². The average Bonchev–Trinajstić information content (AvgIpc) is 2.45. The molecule has 1 rings (SSSR count). The minimum atomic E-state index is -0.487. The molecule has 0 saturated heterocycles. The molecule has 0 aromatic heterocycles. The molecule has 5 heteroatoms. The molecule has 0 saturated carbocycles. The SMILES string of the molecule is COC(=O)C(CC(C)C)Nc1cc(OC)ccc1C#N. The van der Waals surface area contributed by atoms with Crippen LogP contribution in [-0.2, 0) is 9.53 Å². The van der Waals surface area contributed by atoms with Gasteiger partial charge in [-0.3, -0.25) is 0 Å². The summed E-state index contributed by atoms with van der Waals surface area (Å²) in [5.41, 5.74) is 1.03. The second kappa shape index (κ2) is 7.39. The number of methoxy groups -OCH3 is 2. The number of ether oxygens (including phenoxy) is 2. The monoisotopic (exact) mass is 276 g/mol. The number of hydrogen-bond donors (Lipinski definition) is 1. The Balaban J connectivity index is 3.03. The Labute approximate surface area is 119 Å². The second-order valence-electron chi connectivity index (χ2n) is 4.87. The first-order valence-electron chi connectivity index (χ1n) is 6.44. The summed E-state index contributed by atoms with van der Waals surface area (Å²) in [6.45, 7) is 4.04. The number of nitrogens with zero attached hydrogens (tertiary/aromatic N) is 1. The number of nitrogens with one attached hydrogen (secondary N) is 1. The quantitative estimate of drug-likeness (QED) is 0.808. The first-order chi connectivity index (χ1) is 9.51. The fraction of sp³-hybridized carbons (Fsp3) is 0.467. The van der Waals surface area contributed by atoms with Gasteiger partial charge in [-0.05, 0) is 24.5 Å². The van der Waals surface area contributed by atoms with Crippen LogP contribution in [0.3, 0.4) is 0 Å². The van der Waals surface area contributed by atoms with Crippen LogP contribution in [-0.4, -0.2) is 26.2 Å². The first kappa shape index (κ1) is 15.8. The first-order valence-corrected chi connectivity index (χ1v) is 6.44. The largest absolute Gasteiger partial charge is 0.497 e. The summed E-state index contributed by atoms with van der Waals surface area (Å²) >= 11 is 0. The molecule has 0 aliphatic carbocycles. The van der Waals surface area contributed by atoms with E-state index >= 15 is 0 Å². The Kier molecular flexibility index (Phi) is 5.85. The molecule has 0 spiro atoms. The molecule has 1 aromatic rings. The minimum absolute atomic E-state index is 0.322. The van der Waals surface area contributed by atoms with Crippen molar-refractivity contribution < 1.29 is 14.3 Å². The number of esters is 1. The molecule has 0 heterocycles. The fourth-order valence-electron chi connectivity index (χ4n) is 1.88. The van der Waals surface area contributed by atoms with Gasteiger partial charge in [0.15, 0.2) is 0 Å². The average molecular weight is 276 g/mol.